The number of rotatable bonds is 5. The molecule has 0 saturated heterocycles. The van der Waals surface area contributed by atoms with Gasteiger partial charge in [0.1, 0.15) is 11.4 Å². The van der Waals surface area contributed by atoms with Crippen LogP contribution in [0.1, 0.15) is 34.9 Å². The van der Waals surface area contributed by atoms with E-state index in [0.717, 1.165) is 12.8 Å². The highest BCUT2D eigenvalue weighted by Gasteiger charge is 2.32. The quantitative estimate of drug-likeness (QED) is 0.839. The summed E-state index contributed by atoms with van der Waals surface area (Å²) in [5.74, 6) is -0.786. The van der Waals surface area contributed by atoms with Gasteiger partial charge >= 0.3 is 0 Å². The van der Waals surface area contributed by atoms with E-state index in [-0.39, 0.29) is 40.7 Å². The molecule has 128 valence electrons. The summed E-state index contributed by atoms with van der Waals surface area (Å²) < 4.78 is 20.2. The standard InChI is InChI=1S/C16H15ClFN3O2.ClH/c17-11-5-4-10(14(19)8-1-2-8)13(18)15(11)23-9-3-6-12(16(20)22)21-7-9;/h3-8,14H,1-2,19H2,(H2,20,22);1H/t14-;/m1./s1. The molecule has 0 unspecified atom stereocenters. The monoisotopic (exact) mass is 371 g/mol. The van der Waals surface area contributed by atoms with E-state index in [9.17, 15) is 9.18 Å². The van der Waals surface area contributed by atoms with Crippen LogP contribution in [-0.2, 0) is 0 Å². The van der Waals surface area contributed by atoms with Crippen molar-refractivity contribution >= 4 is 29.9 Å². The van der Waals surface area contributed by atoms with E-state index in [0.29, 0.717) is 11.5 Å². The number of aromatic nitrogens is 1. The number of pyridine rings is 1. The van der Waals surface area contributed by atoms with Gasteiger partial charge in [0.15, 0.2) is 11.6 Å². The fraction of sp³-hybridized carbons (Fsp3) is 0.250. The van der Waals surface area contributed by atoms with Crippen molar-refractivity contribution in [1.82, 2.24) is 4.98 Å². The van der Waals surface area contributed by atoms with Crippen LogP contribution in [0.15, 0.2) is 30.5 Å². The molecule has 1 atom stereocenters. The van der Waals surface area contributed by atoms with Crippen LogP contribution in [0.25, 0.3) is 0 Å². The molecule has 0 radical (unpaired) electrons. The van der Waals surface area contributed by atoms with E-state index in [1.807, 2.05) is 0 Å². The molecule has 1 amide bonds. The number of hydrogen-bond acceptors (Lipinski definition) is 4. The lowest BCUT2D eigenvalue weighted by Gasteiger charge is -2.16. The van der Waals surface area contributed by atoms with Crippen molar-refractivity contribution in [3.63, 3.8) is 0 Å². The van der Waals surface area contributed by atoms with Crippen LogP contribution < -0.4 is 16.2 Å². The Bertz CT molecular complexity index is 752. The maximum atomic E-state index is 14.7. The van der Waals surface area contributed by atoms with Crippen molar-refractivity contribution in [2.75, 3.05) is 0 Å². The number of nitrogens with zero attached hydrogens (tertiary/aromatic N) is 1. The molecule has 24 heavy (non-hydrogen) atoms. The van der Waals surface area contributed by atoms with Gasteiger partial charge in [-0.1, -0.05) is 17.7 Å². The molecule has 0 aliphatic heterocycles. The zero-order chi connectivity index (χ0) is 16.6. The highest BCUT2D eigenvalue weighted by Crippen LogP contribution is 2.43. The molecule has 1 aliphatic rings. The van der Waals surface area contributed by atoms with Gasteiger partial charge in [-0.3, -0.25) is 4.79 Å². The first kappa shape index (κ1) is 18.4. The van der Waals surface area contributed by atoms with Crippen LogP contribution in [0, 0.1) is 11.7 Å². The van der Waals surface area contributed by atoms with Gasteiger partial charge in [-0.25, -0.2) is 9.37 Å². The number of halogens is 3. The van der Waals surface area contributed by atoms with Gasteiger partial charge < -0.3 is 16.2 Å². The average molecular weight is 372 g/mol. The molecule has 0 bridgehead atoms. The van der Waals surface area contributed by atoms with Gasteiger partial charge in [-0.05, 0) is 37.0 Å². The van der Waals surface area contributed by atoms with E-state index in [1.165, 1.54) is 18.3 Å². The maximum absolute atomic E-state index is 14.7. The van der Waals surface area contributed by atoms with Crippen LogP contribution in [-0.4, -0.2) is 10.9 Å². The Labute approximate surface area is 149 Å². The predicted octanol–water partition coefficient (Wildman–Crippen LogP) is 3.60. The summed E-state index contributed by atoms with van der Waals surface area (Å²) in [5, 5.41) is 0.133. The molecule has 3 rings (SSSR count). The molecule has 0 spiro atoms. The number of carbonyl (C=O) groups excluding carboxylic acids is 1. The molecule has 1 heterocycles. The van der Waals surface area contributed by atoms with Crippen molar-refractivity contribution in [2.24, 2.45) is 17.4 Å². The molecule has 8 heteroatoms. The summed E-state index contributed by atoms with van der Waals surface area (Å²) in [7, 11) is 0. The average Bonchev–Trinajstić information content (AvgIpc) is 3.36. The second-order valence-corrected chi connectivity index (χ2v) is 5.90. The Morgan fingerprint density at radius 2 is 2.04 bits per heavy atom. The first-order valence-corrected chi connectivity index (χ1v) is 7.52. The van der Waals surface area contributed by atoms with Gasteiger partial charge in [0, 0.05) is 11.6 Å². The largest absolute Gasteiger partial charge is 0.451 e. The van der Waals surface area contributed by atoms with E-state index in [1.54, 1.807) is 12.1 Å². The van der Waals surface area contributed by atoms with Crippen LogP contribution in [0.5, 0.6) is 11.5 Å². The zero-order valence-electron chi connectivity index (χ0n) is 12.5. The van der Waals surface area contributed by atoms with E-state index in [4.69, 9.17) is 27.8 Å². The number of primary amides is 1. The fourth-order valence-electron chi connectivity index (χ4n) is 2.31. The summed E-state index contributed by atoms with van der Waals surface area (Å²) >= 11 is 6.03. The molecule has 4 N–H and O–H groups in total. The molecular formula is C16H16Cl2FN3O2. The van der Waals surface area contributed by atoms with Crippen molar-refractivity contribution in [3.05, 3.63) is 52.6 Å². The SMILES string of the molecule is Cl.NC(=O)c1ccc(Oc2c(Cl)ccc([C@H](N)C3CC3)c2F)cn1. The second kappa shape index (κ2) is 7.34. The maximum Gasteiger partial charge on any atom is 0.267 e. The van der Waals surface area contributed by atoms with Gasteiger partial charge in [0.25, 0.3) is 5.91 Å². The molecule has 2 aromatic rings. The van der Waals surface area contributed by atoms with Crippen LogP contribution in [0.3, 0.4) is 0 Å². The lowest BCUT2D eigenvalue weighted by molar-refractivity contribution is 0.0995. The molecular weight excluding hydrogens is 356 g/mol. The van der Waals surface area contributed by atoms with Gasteiger partial charge in [0.05, 0.1) is 11.2 Å². The van der Waals surface area contributed by atoms with Crippen molar-refractivity contribution in [2.45, 2.75) is 18.9 Å². The Morgan fingerprint density at radius 1 is 1.33 bits per heavy atom. The Balaban J connectivity index is 0.00000208. The third kappa shape index (κ3) is 3.77. The fourth-order valence-corrected chi connectivity index (χ4v) is 2.50. The molecule has 1 fully saturated rings. The minimum Gasteiger partial charge on any atom is -0.451 e. The molecule has 1 aromatic carbocycles. The predicted molar refractivity (Wildman–Crippen MR) is 91.1 cm³/mol. The van der Waals surface area contributed by atoms with Crippen LogP contribution >= 0.6 is 24.0 Å². The number of benzene rings is 1. The minimum absolute atomic E-state index is 0. The highest BCUT2D eigenvalue weighted by atomic mass is 35.5. The second-order valence-electron chi connectivity index (χ2n) is 5.49. The Morgan fingerprint density at radius 3 is 2.58 bits per heavy atom. The van der Waals surface area contributed by atoms with Gasteiger partial charge in [0.2, 0.25) is 0 Å². The Kier molecular flexibility index (Phi) is 5.64. The molecule has 5 nitrogen and oxygen atoms in total. The third-order valence-electron chi connectivity index (χ3n) is 3.78. The number of amides is 1. The first-order chi connectivity index (χ1) is 11.0. The molecule has 1 aliphatic carbocycles. The topological polar surface area (TPSA) is 91.2 Å². The summed E-state index contributed by atoms with van der Waals surface area (Å²) in [6, 6.07) is 5.63. The summed E-state index contributed by atoms with van der Waals surface area (Å²) in [6.45, 7) is 0. The van der Waals surface area contributed by atoms with Gasteiger partial charge in [-0.2, -0.15) is 0 Å². The number of hydrogen-bond donors (Lipinski definition) is 2. The summed E-state index contributed by atoms with van der Waals surface area (Å²) in [4.78, 5) is 14.8. The van der Waals surface area contributed by atoms with Crippen molar-refractivity contribution < 1.29 is 13.9 Å². The van der Waals surface area contributed by atoms with E-state index in [2.05, 4.69) is 4.98 Å². The number of ether oxygens (including phenoxy) is 1. The Hall–Kier alpha value is -1.89. The van der Waals surface area contributed by atoms with Crippen molar-refractivity contribution in [1.29, 1.82) is 0 Å². The van der Waals surface area contributed by atoms with Gasteiger partial charge in [-0.15, -0.1) is 12.4 Å². The van der Waals surface area contributed by atoms with Crippen molar-refractivity contribution in [3.8, 4) is 11.5 Å². The van der Waals surface area contributed by atoms with E-state index < -0.39 is 11.7 Å². The van der Waals surface area contributed by atoms with Crippen LogP contribution in [0.4, 0.5) is 4.39 Å². The highest BCUT2D eigenvalue weighted by molar-refractivity contribution is 6.32. The zero-order valence-corrected chi connectivity index (χ0v) is 14.1. The lowest BCUT2D eigenvalue weighted by atomic mass is 10.0. The number of nitrogens with two attached hydrogens (primary N) is 2. The van der Waals surface area contributed by atoms with E-state index >= 15 is 0 Å². The minimum atomic E-state index is -0.654. The first-order valence-electron chi connectivity index (χ1n) is 7.14. The van der Waals surface area contributed by atoms with Crippen LogP contribution in [0.2, 0.25) is 5.02 Å². The third-order valence-corrected chi connectivity index (χ3v) is 4.07. The normalized spacial score (nSPS) is 14.6. The smallest absolute Gasteiger partial charge is 0.267 e. The molecule has 1 aromatic heterocycles. The lowest BCUT2D eigenvalue weighted by Crippen LogP contribution is -2.14. The number of carbonyl (C=O) groups is 1. The summed E-state index contributed by atoms with van der Waals surface area (Å²) in [5.41, 5.74) is 11.7. The summed E-state index contributed by atoms with van der Waals surface area (Å²) in [6.07, 6.45) is 3.28. The molecule has 1 saturated carbocycles.